The van der Waals surface area contributed by atoms with E-state index in [1.54, 1.807) is 6.07 Å². The van der Waals surface area contributed by atoms with Gasteiger partial charge in [-0.1, -0.05) is 60.7 Å². The highest BCUT2D eigenvalue weighted by atomic mass is 32.1. The molecule has 3 heteroatoms. The molecule has 0 bridgehead atoms. The van der Waals surface area contributed by atoms with Gasteiger partial charge in [0, 0.05) is 10.4 Å². The van der Waals surface area contributed by atoms with Crippen molar-refractivity contribution in [3.63, 3.8) is 0 Å². The summed E-state index contributed by atoms with van der Waals surface area (Å²) in [6.07, 6.45) is 0.823. The van der Waals surface area contributed by atoms with E-state index in [4.69, 9.17) is 0 Å². The summed E-state index contributed by atoms with van der Waals surface area (Å²) in [6, 6.07) is 22.6. The number of carbonyl (C=O) groups is 2. The first-order valence-electron chi connectivity index (χ1n) is 6.98. The summed E-state index contributed by atoms with van der Waals surface area (Å²) in [4.78, 5) is 25.4. The van der Waals surface area contributed by atoms with Crippen LogP contribution in [0, 0.1) is 0 Å². The molecule has 2 nitrogen and oxygen atoms in total. The minimum atomic E-state index is -0.373. The zero-order valence-electron chi connectivity index (χ0n) is 11.8. The van der Waals surface area contributed by atoms with Crippen molar-refractivity contribution in [3.8, 4) is 0 Å². The number of hydrogen-bond acceptors (Lipinski definition) is 3. The van der Waals surface area contributed by atoms with Gasteiger partial charge in [0.05, 0.1) is 10.8 Å². The molecular formula is C19H14O2S. The Morgan fingerprint density at radius 2 is 1.50 bits per heavy atom. The van der Waals surface area contributed by atoms with Crippen molar-refractivity contribution in [1.29, 1.82) is 0 Å². The first-order chi connectivity index (χ1) is 10.8. The average Bonchev–Trinajstić information content (AvgIpc) is 3.05. The maximum absolute atomic E-state index is 13.0. The van der Waals surface area contributed by atoms with Crippen molar-refractivity contribution in [1.82, 2.24) is 0 Å². The van der Waals surface area contributed by atoms with Gasteiger partial charge in [-0.25, -0.2) is 0 Å². The molecule has 1 heterocycles. The number of ketones is 1. The van der Waals surface area contributed by atoms with Crippen LogP contribution < -0.4 is 0 Å². The molecule has 0 amide bonds. The van der Waals surface area contributed by atoms with E-state index in [0.29, 0.717) is 10.4 Å². The quantitative estimate of drug-likeness (QED) is 0.511. The van der Waals surface area contributed by atoms with Crippen LogP contribution in [0.3, 0.4) is 0 Å². The van der Waals surface area contributed by atoms with Gasteiger partial charge in [0.1, 0.15) is 0 Å². The molecule has 3 rings (SSSR count). The van der Waals surface area contributed by atoms with E-state index < -0.39 is 0 Å². The Bertz CT molecular complexity index is 775. The van der Waals surface area contributed by atoms with Crippen LogP contribution in [-0.4, -0.2) is 12.1 Å². The molecule has 1 aromatic heterocycles. The number of aldehydes is 1. The zero-order valence-corrected chi connectivity index (χ0v) is 12.6. The van der Waals surface area contributed by atoms with Crippen molar-refractivity contribution in [3.05, 3.63) is 93.7 Å². The van der Waals surface area contributed by atoms with E-state index in [1.165, 1.54) is 11.3 Å². The Morgan fingerprint density at radius 3 is 2.09 bits per heavy atom. The second-order valence-electron chi connectivity index (χ2n) is 4.93. The van der Waals surface area contributed by atoms with Crippen LogP contribution in [0.1, 0.15) is 36.4 Å². The molecule has 0 saturated carbocycles. The topological polar surface area (TPSA) is 34.1 Å². The van der Waals surface area contributed by atoms with Crippen molar-refractivity contribution in [2.45, 2.75) is 5.92 Å². The molecule has 3 aromatic rings. The van der Waals surface area contributed by atoms with E-state index in [0.717, 1.165) is 16.7 Å². The van der Waals surface area contributed by atoms with Crippen molar-refractivity contribution < 1.29 is 9.59 Å². The summed E-state index contributed by atoms with van der Waals surface area (Å²) in [6.45, 7) is 0. The van der Waals surface area contributed by atoms with Crippen LogP contribution in [0.5, 0.6) is 0 Å². The summed E-state index contributed by atoms with van der Waals surface area (Å²) < 4.78 is 0. The van der Waals surface area contributed by atoms with Crippen molar-refractivity contribution in [2.24, 2.45) is 0 Å². The molecule has 0 aliphatic heterocycles. The number of benzene rings is 2. The van der Waals surface area contributed by atoms with Gasteiger partial charge in [-0.2, -0.15) is 0 Å². The lowest BCUT2D eigenvalue weighted by Crippen LogP contribution is -2.13. The normalized spacial score (nSPS) is 11.8. The third kappa shape index (κ3) is 2.90. The van der Waals surface area contributed by atoms with Crippen molar-refractivity contribution in [2.75, 3.05) is 0 Å². The maximum Gasteiger partial charge on any atom is 0.175 e. The zero-order chi connectivity index (χ0) is 15.4. The molecule has 108 valence electrons. The molecular weight excluding hydrogens is 292 g/mol. The molecule has 1 unspecified atom stereocenters. The maximum atomic E-state index is 13.0. The van der Waals surface area contributed by atoms with Crippen LogP contribution in [0.25, 0.3) is 0 Å². The summed E-state index contributed by atoms with van der Waals surface area (Å²) in [5, 5.41) is 0. The molecule has 2 aromatic carbocycles. The molecule has 0 N–H and O–H groups in total. The highest BCUT2D eigenvalue weighted by molar-refractivity contribution is 7.13. The third-order valence-corrected chi connectivity index (χ3v) is 4.58. The summed E-state index contributed by atoms with van der Waals surface area (Å²) in [5.74, 6) is -0.326. The molecule has 0 spiro atoms. The van der Waals surface area contributed by atoms with E-state index in [9.17, 15) is 9.59 Å². The van der Waals surface area contributed by atoms with Gasteiger partial charge in [-0.05, 0) is 17.7 Å². The Labute approximate surface area is 133 Å². The summed E-state index contributed by atoms with van der Waals surface area (Å²) >= 11 is 1.37. The van der Waals surface area contributed by atoms with Crippen LogP contribution >= 0.6 is 11.3 Å². The van der Waals surface area contributed by atoms with Crippen LogP contribution in [0.15, 0.2) is 72.8 Å². The molecule has 0 aliphatic rings. The molecule has 0 saturated heterocycles. The number of rotatable bonds is 5. The van der Waals surface area contributed by atoms with Crippen LogP contribution in [-0.2, 0) is 0 Å². The lowest BCUT2D eigenvalue weighted by atomic mass is 9.89. The number of thiophene rings is 1. The number of Topliss-reactive ketones (excluding diaryl/α,β-unsaturated/α-hetero) is 1. The van der Waals surface area contributed by atoms with E-state index in [1.807, 2.05) is 66.7 Å². The fourth-order valence-electron chi connectivity index (χ4n) is 2.45. The minimum Gasteiger partial charge on any atom is -0.297 e. The van der Waals surface area contributed by atoms with Crippen LogP contribution in [0.4, 0.5) is 0 Å². The van der Waals surface area contributed by atoms with Crippen LogP contribution in [0.2, 0.25) is 0 Å². The van der Waals surface area contributed by atoms with Gasteiger partial charge >= 0.3 is 0 Å². The van der Waals surface area contributed by atoms with Gasteiger partial charge in [0.15, 0.2) is 12.1 Å². The second kappa shape index (κ2) is 6.50. The lowest BCUT2D eigenvalue weighted by Gasteiger charge is -2.15. The Morgan fingerprint density at radius 1 is 0.864 bits per heavy atom. The van der Waals surface area contributed by atoms with Gasteiger partial charge in [0.25, 0.3) is 0 Å². The fraction of sp³-hybridized carbons (Fsp3) is 0.0526. The third-order valence-electron chi connectivity index (χ3n) is 3.50. The lowest BCUT2D eigenvalue weighted by molar-refractivity contribution is 0.0974. The molecule has 0 fully saturated rings. The fourth-order valence-corrected chi connectivity index (χ4v) is 3.40. The Kier molecular flexibility index (Phi) is 4.26. The molecule has 0 radical (unpaired) electrons. The van der Waals surface area contributed by atoms with Gasteiger partial charge in [0.2, 0.25) is 0 Å². The highest BCUT2D eigenvalue weighted by Crippen LogP contribution is 2.33. The Balaban J connectivity index is 2.07. The Hall–Kier alpha value is -2.52. The average molecular weight is 306 g/mol. The predicted octanol–water partition coefficient (Wildman–Crippen LogP) is 4.58. The minimum absolute atomic E-state index is 0.0473. The van der Waals surface area contributed by atoms with E-state index in [-0.39, 0.29) is 11.7 Å². The highest BCUT2D eigenvalue weighted by Gasteiger charge is 2.25. The van der Waals surface area contributed by atoms with E-state index >= 15 is 0 Å². The van der Waals surface area contributed by atoms with Gasteiger partial charge < -0.3 is 0 Å². The van der Waals surface area contributed by atoms with E-state index in [2.05, 4.69) is 0 Å². The standard InChI is InChI=1S/C19H14O2S/c20-13-16-11-12-17(22-16)18(14-7-3-1-4-8-14)19(21)15-9-5-2-6-10-15/h1-13,18H. The first kappa shape index (κ1) is 14.4. The largest absolute Gasteiger partial charge is 0.297 e. The number of carbonyl (C=O) groups excluding carboxylic acids is 2. The molecule has 1 atom stereocenters. The monoisotopic (exact) mass is 306 g/mol. The molecule has 22 heavy (non-hydrogen) atoms. The SMILES string of the molecule is O=Cc1ccc(C(C(=O)c2ccccc2)c2ccccc2)s1. The predicted molar refractivity (Wildman–Crippen MR) is 88.8 cm³/mol. The van der Waals surface area contributed by atoms with Gasteiger partial charge in [-0.3, -0.25) is 9.59 Å². The smallest absolute Gasteiger partial charge is 0.175 e. The summed E-state index contributed by atoms with van der Waals surface area (Å²) in [7, 11) is 0. The summed E-state index contributed by atoms with van der Waals surface area (Å²) in [5.41, 5.74) is 1.62. The molecule has 0 aliphatic carbocycles. The van der Waals surface area contributed by atoms with Crippen molar-refractivity contribution >= 4 is 23.4 Å². The number of hydrogen-bond donors (Lipinski definition) is 0. The first-order valence-corrected chi connectivity index (χ1v) is 7.80. The van der Waals surface area contributed by atoms with Gasteiger partial charge in [-0.15, -0.1) is 11.3 Å². The second-order valence-corrected chi connectivity index (χ2v) is 6.08.